The van der Waals surface area contributed by atoms with Crippen LogP contribution < -0.4 is 41.0 Å². The summed E-state index contributed by atoms with van der Waals surface area (Å²) < 4.78 is 69.1. The molecule has 408 valence electrons. The summed E-state index contributed by atoms with van der Waals surface area (Å²) in [5.41, 5.74) is 5.52. The van der Waals surface area contributed by atoms with E-state index in [1.54, 1.807) is 48.7 Å². The number of ether oxygens (including phenoxy) is 2. The Balaban J connectivity index is 0.786. The van der Waals surface area contributed by atoms with E-state index >= 15 is 0 Å². The van der Waals surface area contributed by atoms with Crippen molar-refractivity contribution in [2.24, 2.45) is 5.92 Å². The Bertz CT molecular complexity index is 2830. The number of aliphatic hydroxyl groups is 1. The molecule has 2 aromatic heterocycles. The van der Waals surface area contributed by atoms with Crippen LogP contribution in [0.5, 0.6) is 11.5 Å². The maximum atomic E-state index is 14.9. The summed E-state index contributed by atoms with van der Waals surface area (Å²) in [4.78, 5) is 47.0. The van der Waals surface area contributed by atoms with Gasteiger partial charge in [-0.15, -0.1) is 0 Å². The highest BCUT2D eigenvalue weighted by molar-refractivity contribution is 5.95. The molecule has 1 fully saturated rings. The third kappa shape index (κ3) is 15.5. The van der Waals surface area contributed by atoms with E-state index in [9.17, 15) is 37.1 Å². The van der Waals surface area contributed by atoms with E-state index in [0.717, 1.165) is 59.2 Å². The summed E-state index contributed by atoms with van der Waals surface area (Å²) in [5, 5.41) is 25.6. The number of halogens is 4. The van der Waals surface area contributed by atoms with Crippen LogP contribution in [0, 0.1) is 17.8 Å². The van der Waals surface area contributed by atoms with Gasteiger partial charge < -0.3 is 55.5 Å². The molecule has 19 heteroatoms. The summed E-state index contributed by atoms with van der Waals surface area (Å²) >= 11 is 0. The van der Waals surface area contributed by atoms with Crippen LogP contribution in [0.3, 0.4) is 0 Å². The number of methoxy groups -OCH3 is 1. The molecular formula is C57H71F4N9O6. The van der Waals surface area contributed by atoms with Gasteiger partial charge in [0.1, 0.15) is 36.9 Å². The number of nitrogens with one attached hydrogen (secondary N) is 5. The number of carbonyl (C=O) groups excluding carboxylic acids is 3. The van der Waals surface area contributed by atoms with Gasteiger partial charge in [0.2, 0.25) is 11.8 Å². The van der Waals surface area contributed by atoms with Crippen molar-refractivity contribution in [2.45, 2.75) is 115 Å². The van der Waals surface area contributed by atoms with Crippen molar-refractivity contribution >= 4 is 45.7 Å². The van der Waals surface area contributed by atoms with E-state index in [1.165, 1.54) is 7.11 Å². The number of carbonyl (C=O) groups is 3. The molecule has 4 atom stereocenters. The number of pyridine rings is 1. The number of rotatable bonds is 22. The standard InChI is InChI=1S/C57H71F4N9O6/c1-37(2)54-56(74)66-42(34-71)27-39-18-21-44(30-51(39)69(54)4)76-35-38-17-20-41(64-31-38)32-65-53(72)16-9-7-6-8-10-24-63-55(73)40-19-22-49(52(28-40)75-5)62-25-12-13-43-29-45-47(67-48-23-26-68(3)33-46(48)58)14-11-15-50(45)70(43)36-57(59,60)61/h11,14-15,17-22,28-31,37,42,46,48,54,62,67,71H,6-10,16,23-27,32-36H2,1-5H3,(H,63,73)(H,65,72)(H,66,74)/t42-,46-,48+,54-/m0/s1. The van der Waals surface area contributed by atoms with Crippen LogP contribution in [-0.2, 0) is 35.7 Å². The van der Waals surface area contributed by atoms with Crippen molar-refractivity contribution < 1.29 is 46.5 Å². The first kappa shape index (κ1) is 56.7. The van der Waals surface area contributed by atoms with E-state index in [4.69, 9.17) is 9.47 Å². The van der Waals surface area contributed by atoms with Gasteiger partial charge in [0.25, 0.3) is 5.91 Å². The van der Waals surface area contributed by atoms with Gasteiger partial charge >= 0.3 is 6.18 Å². The maximum Gasteiger partial charge on any atom is 0.406 e. The molecule has 6 N–H and O–H groups in total. The lowest BCUT2D eigenvalue weighted by Crippen LogP contribution is -2.54. The second-order valence-electron chi connectivity index (χ2n) is 20.0. The molecule has 4 heterocycles. The van der Waals surface area contributed by atoms with Crippen LogP contribution in [0.1, 0.15) is 91.7 Å². The lowest BCUT2D eigenvalue weighted by molar-refractivity contribution is -0.140. The number of aliphatic hydroxyl groups excluding tert-OH is 1. The first-order valence-corrected chi connectivity index (χ1v) is 26.1. The summed E-state index contributed by atoms with van der Waals surface area (Å²) in [5.74, 6) is 6.49. The molecule has 2 aliphatic rings. The van der Waals surface area contributed by atoms with Crippen LogP contribution >= 0.6 is 0 Å². The van der Waals surface area contributed by atoms with Gasteiger partial charge in [0.15, 0.2) is 0 Å². The average Bonchev–Trinajstić information content (AvgIpc) is 3.74. The molecule has 0 aliphatic carbocycles. The molecule has 76 heavy (non-hydrogen) atoms. The molecule has 3 aromatic carbocycles. The Morgan fingerprint density at radius 3 is 2.51 bits per heavy atom. The minimum atomic E-state index is -4.50. The topological polar surface area (TPSA) is 174 Å². The summed E-state index contributed by atoms with van der Waals surface area (Å²) in [6.45, 7) is 4.75. The van der Waals surface area contributed by atoms with Gasteiger partial charge in [-0.1, -0.05) is 57.2 Å². The number of aromatic nitrogens is 2. The van der Waals surface area contributed by atoms with Crippen LogP contribution in [0.2, 0.25) is 0 Å². The highest BCUT2D eigenvalue weighted by Crippen LogP contribution is 2.34. The highest BCUT2D eigenvalue weighted by atomic mass is 19.4. The average molecular weight is 1050 g/mol. The molecule has 15 nitrogen and oxygen atoms in total. The fourth-order valence-electron chi connectivity index (χ4n) is 9.79. The first-order valence-electron chi connectivity index (χ1n) is 26.1. The van der Waals surface area contributed by atoms with E-state index in [-0.39, 0.29) is 61.7 Å². The summed E-state index contributed by atoms with van der Waals surface area (Å²) in [7, 11) is 5.24. The van der Waals surface area contributed by atoms with E-state index in [1.807, 2.05) is 68.1 Å². The number of amides is 3. The fraction of sp³-hybridized carbons (Fsp3) is 0.474. The van der Waals surface area contributed by atoms with Crippen molar-refractivity contribution in [3.8, 4) is 23.3 Å². The Labute approximate surface area is 442 Å². The first-order chi connectivity index (χ1) is 36.5. The number of nitrogens with zero attached hydrogens (tertiary/aromatic N) is 4. The molecule has 5 aromatic rings. The smallest absolute Gasteiger partial charge is 0.406 e. The van der Waals surface area contributed by atoms with Crippen molar-refractivity contribution in [1.29, 1.82) is 0 Å². The molecular weight excluding hydrogens is 983 g/mol. The van der Waals surface area contributed by atoms with Crippen molar-refractivity contribution in [2.75, 3.05) is 69.5 Å². The van der Waals surface area contributed by atoms with Crippen molar-refractivity contribution in [3.05, 3.63) is 107 Å². The maximum absolute atomic E-state index is 14.9. The van der Waals surface area contributed by atoms with E-state index < -0.39 is 31.0 Å². The molecule has 7 rings (SSSR count). The van der Waals surface area contributed by atoms with Gasteiger partial charge in [-0.2, -0.15) is 13.2 Å². The number of fused-ring (bicyclic) bond motifs is 2. The van der Waals surface area contributed by atoms with Crippen molar-refractivity contribution in [1.82, 2.24) is 30.4 Å². The Morgan fingerprint density at radius 1 is 0.974 bits per heavy atom. The predicted molar refractivity (Wildman–Crippen MR) is 287 cm³/mol. The number of hydrogen-bond acceptors (Lipinski definition) is 11. The number of likely N-dealkylation sites (tertiary alicyclic amines) is 1. The zero-order valence-corrected chi connectivity index (χ0v) is 44.0. The molecule has 0 bridgehead atoms. The molecule has 3 amide bonds. The Hall–Kier alpha value is -7.04. The second-order valence-corrected chi connectivity index (χ2v) is 20.0. The van der Waals surface area contributed by atoms with Crippen LogP contribution in [0.15, 0.2) is 79.0 Å². The van der Waals surface area contributed by atoms with Crippen LogP contribution in [0.4, 0.5) is 34.6 Å². The number of hydrogen-bond donors (Lipinski definition) is 6. The summed E-state index contributed by atoms with van der Waals surface area (Å²) in [6.07, 6.45) is 1.75. The number of likely N-dealkylation sites (N-methyl/N-ethyl adjacent to an activating group) is 1. The molecule has 0 saturated carbocycles. The minimum Gasteiger partial charge on any atom is -0.495 e. The second kappa shape index (κ2) is 26.6. The third-order valence-electron chi connectivity index (χ3n) is 13.8. The van der Waals surface area contributed by atoms with Crippen LogP contribution in [-0.4, -0.2) is 122 Å². The lowest BCUT2D eigenvalue weighted by Gasteiger charge is -2.37. The van der Waals surface area contributed by atoms with Crippen LogP contribution in [0.25, 0.3) is 10.9 Å². The Kier molecular flexibility index (Phi) is 19.9. The molecule has 0 radical (unpaired) electrons. The normalized spacial score (nSPS) is 17.9. The monoisotopic (exact) mass is 1050 g/mol. The number of anilines is 3. The zero-order chi connectivity index (χ0) is 54.4. The Morgan fingerprint density at radius 2 is 1.78 bits per heavy atom. The molecule has 2 aliphatic heterocycles. The number of benzene rings is 3. The lowest BCUT2D eigenvalue weighted by atomic mass is 9.95. The largest absolute Gasteiger partial charge is 0.495 e. The molecule has 0 spiro atoms. The van der Waals surface area contributed by atoms with Gasteiger partial charge in [-0.05, 0) is 98.7 Å². The van der Waals surface area contributed by atoms with Gasteiger partial charge in [0.05, 0.1) is 61.5 Å². The molecule has 1 saturated heterocycles. The fourth-order valence-corrected chi connectivity index (χ4v) is 9.79. The van der Waals surface area contributed by atoms with E-state index in [2.05, 4.69) is 43.4 Å². The molecule has 0 unspecified atom stereocenters. The van der Waals surface area contributed by atoms with Gasteiger partial charge in [-0.3, -0.25) is 19.4 Å². The van der Waals surface area contributed by atoms with E-state index in [0.29, 0.717) is 78.2 Å². The van der Waals surface area contributed by atoms with Gasteiger partial charge in [-0.25, -0.2) is 4.39 Å². The quantitative estimate of drug-likeness (QED) is 0.0225. The number of unbranched alkanes of at least 4 members (excludes halogenated alkanes) is 4. The third-order valence-corrected chi connectivity index (χ3v) is 13.8. The summed E-state index contributed by atoms with van der Waals surface area (Å²) in [6, 6.07) is 19.9. The number of alkyl halides is 4. The minimum absolute atomic E-state index is 0.0455. The van der Waals surface area contributed by atoms with Crippen molar-refractivity contribution in [3.63, 3.8) is 0 Å². The SMILES string of the molecule is COc1cc(C(=O)NCCCCCCCC(=O)NCc2ccc(COc3ccc4c(c3)N(C)[C@@H](C(C)C)C(=O)N[C@H](CO)C4)cn2)ccc1NCC#Cc1cc2c(N[C@@H]3CCN(C)C[C@@H]3F)cccc2n1CC(F)(F)F. The highest BCUT2D eigenvalue weighted by Gasteiger charge is 2.34. The van der Waals surface area contributed by atoms with Gasteiger partial charge in [0, 0.05) is 73.3 Å². The zero-order valence-electron chi connectivity index (χ0n) is 44.0. The predicted octanol–water partition coefficient (Wildman–Crippen LogP) is 7.98. The number of piperidine rings is 1.